The van der Waals surface area contributed by atoms with E-state index in [1.807, 2.05) is 53.4 Å². The number of carbonyl (C=O) groups excluding carboxylic acids is 2. The summed E-state index contributed by atoms with van der Waals surface area (Å²) in [5, 5.41) is 3.57. The molecule has 5 rings (SSSR count). The second kappa shape index (κ2) is 13.8. The first-order valence-electron chi connectivity index (χ1n) is 15.4. The molecular formula is C36H41FN2O3. The minimum Gasteiger partial charge on any atom is -0.494 e. The lowest BCUT2D eigenvalue weighted by Crippen LogP contribution is -2.38. The van der Waals surface area contributed by atoms with Crippen LogP contribution in [0.3, 0.4) is 0 Å². The summed E-state index contributed by atoms with van der Waals surface area (Å²) in [6, 6.07) is 21.5. The number of ether oxygens (including phenoxy) is 1. The van der Waals surface area contributed by atoms with Crippen molar-refractivity contribution in [2.45, 2.75) is 83.6 Å². The Hall–Kier alpha value is -3.93. The molecule has 0 unspecified atom stereocenters. The molecule has 1 aliphatic heterocycles. The Bertz CT molecular complexity index is 1410. The van der Waals surface area contributed by atoms with E-state index in [0.717, 1.165) is 72.5 Å². The largest absolute Gasteiger partial charge is 0.494 e. The second-order valence-electron chi connectivity index (χ2n) is 11.4. The first-order valence-corrected chi connectivity index (χ1v) is 15.4. The van der Waals surface area contributed by atoms with E-state index in [1.54, 1.807) is 12.1 Å². The van der Waals surface area contributed by atoms with Gasteiger partial charge in [0.1, 0.15) is 11.6 Å². The highest BCUT2D eigenvalue weighted by Crippen LogP contribution is 2.47. The van der Waals surface area contributed by atoms with Crippen LogP contribution in [0.5, 0.6) is 5.75 Å². The summed E-state index contributed by atoms with van der Waals surface area (Å²) in [5.41, 5.74) is 4.83. The van der Waals surface area contributed by atoms with Crippen LogP contribution in [0, 0.1) is 5.82 Å². The molecule has 6 heteroatoms. The average Bonchev–Trinajstić information content (AvgIpc) is 3.15. The third-order valence-corrected chi connectivity index (χ3v) is 8.31. The van der Waals surface area contributed by atoms with Crippen molar-refractivity contribution in [1.82, 2.24) is 0 Å². The van der Waals surface area contributed by atoms with Crippen LogP contribution < -0.4 is 15.0 Å². The van der Waals surface area contributed by atoms with Crippen LogP contribution in [0.15, 0.2) is 84.1 Å². The molecule has 3 aromatic rings. The second-order valence-corrected chi connectivity index (χ2v) is 11.4. The lowest BCUT2D eigenvalue weighted by Gasteiger charge is -2.35. The van der Waals surface area contributed by atoms with Gasteiger partial charge in [0.2, 0.25) is 5.91 Å². The van der Waals surface area contributed by atoms with Crippen molar-refractivity contribution in [2.75, 3.05) is 16.8 Å². The number of benzene rings is 3. The highest BCUT2D eigenvalue weighted by atomic mass is 19.1. The lowest BCUT2D eigenvalue weighted by atomic mass is 9.78. The van der Waals surface area contributed by atoms with E-state index in [1.165, 1.54) is 12.1 Å². The van der Waals surface area contributed by atoms with Crippen molar-refractivity contribution in [1.29, 1.82) is 0 Å². The van der Waals surface area contributed by atoms with Crippen LogP contribution in [0.4, 0.5) is 15.8 Å². The van der Waals surface area contributed by atoms with Crippen LogP contribution in [0.25, 0.3) is 0 Å². The van der Waals surface area contributed by atoms with Gasteiger partial charge in [0.25, 0.3) is 0 Å². The number of fused-ring (bicyclic) bond motifs is 1. The molecule has 1 aliphatic carbocycles. The van der Waals surface area contributed by atoms with Gasteiger partial charge in [0, 0.05) is 24.1 Å². The Balaban J connectivity index is 1.57. The van der Waals surface area contributed by atoms with Crippen LogP contribution in [-0.2, 0) is 9.59 Å². The van der Waals surface area contributed by atoms with Gasteiger partial charge in [0.05, 0.1) is 24.0 Å². The SMILES string of the molecule is CCCCCOc1ccc([C@H]2C3=C(C[C@@H](c4ccc(F)cc4)CC3=O)Nc3ccccc3N2C(=O)CCCCC)cc1. The quantitative estimate of drug-likeness (QED) is 0.235. The number of unbranched alkanes of at least 4 members (excludes halogenated alkanes) is 4. The van der Waals surface area contributed by atoms with Gasteiger partial charge in [-0.1, -0.05) is 75.9 Å². The average molecular weight is 569 g/mol. The molecule has 3 aromatic carbocycles. The number of nitrogens with zero attached hydrogens (tertiary/aromatic N) is 1. The number of carbonyl (C=O) groups is 2. The number of rotatable bonds is 11. The molecule has 1 heterocycles. The van der Waals surface area contributed by atoms with Crippen LogP contribution >= 0.6 is 0 Å². The molecule has 0 bridgehead atoms. The van der Waals surface area contributed by atoms with Gasteiger partial charge in [-0.15, -0.1) is 0 Å². The fraction of sp³-hybridized carbons (Fsp3) is 0.389. The summed E-state index contributed by atoms with van der Waals surface area (Å²) in [6.45, 7) is 4.95. The summed E-state index contributed by atoms with van der Waals surface area (Å²) in [4.78, 5) is 30.0. The molecule has 2 atom stereocenters. The smallest absolute Gasteiger partial charge is 0.227 e. The van der Waals surface area contributed by atoms with E-state index >= 15 is 0 Å². The molecule has 2 aliphatic rings. The van der Waals surface area contributed by atoms with E-state index in [-0.39, 0.29) is 23.4 Å². The topological polar surface area (TPSA) is 58.6 Å². The maximum absolute atomic E-state index is 14.1. The van der Waals surface area contributed by atoms with Gasteiger partial charge >= 0.3 is 0 Å². The maximum atomic E-state index is 14.1. The molecule has 1 amide bonds. The molecule has 0 fully saturated rings. The summed E-state index contributed by atoms with van der Waals surface area (Å²) in [6.07, 6.45) is 7.35. The number of para-hydroxylation sites is 2. The monoisotopic (exact) mass is 568 g/mol. The Kier molecular flexibility index (Phi) is 9.73. The highest BCUT2D eigenvalue weighted by molar-refractivity contribution is 6.06. The number of halogens is 1. The highest BCUT2D eigenvalue weighted by Gasteiger charge is 2.41. The van der Waals surface area contributed by atoms with Gasteiger partial charge < -0.3 is 10.1 Å². The van der Waals surface area contributed by atoms with Crippen molar-refractivity contribution < 1.29 is 18.7 Å². The summed E-state index contributed by atoms with van der Waals surface area (Å²) in [5.74, 6) is 0.413. The molecule has 1 N–H and O–H groups in total. The van der Waals surface area contributed by atoms with Crippen LogP contribution in [0.2, 0.25) is 0 Å². The van der Waals surface area contributed by atoms with Gasteiger partial charge in [-0.3, -0.25) is 14.5 Å². The predicted octanol–water partition coefficient (Wildman–Crippen LogP) is 8.88. The van der Waals surface area contributed by atoms with E-state index in [0.29, 0.717) is 31.4 Å². The molecule has 220 valence electrons. The Morgan fingerprint density at radius 3 is 2.31 bits per heavy atom. The van der Waals surface area contributed by atoms with Gasteiger partial charge in [0.15, 0.2) is 5.78 Å². The van der Waals surface area contributed by atoms with Gasteiger partial charge in [-0.25, -0.2) is 4.39 Å². The summed E-state index contributed by atoms with van der Waals surface area (Å²) < 4.78 is 19.7. The zero-order valence-electron chi connectivity index (χ0n) is 24.7. The van der Waals surface area contributed by atoms with E-state index < -0.39 is 6.04 Å². The number of Topliss-reactive ketones (excluding diaryl/α,β-unsaturated/α-hetero) is 1. The minimum absolute atomic E-state index is 0.00197. The van der Waals surface area contributed by atoms with Crippen molar-refractivity contribution >= 4 is 23.1 Å². The fourth-order valence-corrected chi connectivity index (χ4v) is 6.09. The third kappa shape index (κ3) is 6.59. The molecule has 0 aromatic heterocycles. The van der Waals surface area contributed by atoms with E-state index in [4.69, 9.17) is 4.74 Å². The molecule has 0 saturated carbocycles. The normalized spacial score (nSPS) is 18.2. The molecule has 5 nitrogen and oxygen atoms in total. The minimum atomic E-state index is -0.568. The van der Waals surface area contributed by atoms with Gasteiger partial charge in [-0.2, -0.15) is 0 Å². The fourth-order valence-electron chi connectivity index (χ4n) is 6.09. The number of hydrogen-bond acceptors (Lipinski definition) is 4. The first kappa shape index (κ1) is 29.6. The Morgan fingerprint density at radius 2 is 1.57 bits per heavy atom. The molecule has 42 heavy (non-hydrogen) atoms. The number of ketones is 1. The van der Waals surface area contributed by atoms with Crippen LogP contribution in [-0.4, -0.2) is 18.3 Å². The number of hydrogen-bond donors (Lipinski definition) is 1. The zero-order valence-corrected chi connectivity index (χ0v) is 24.7. The van der Waals surface area contributed by atoms with Gasteiger partial charge in [-0.05, 0) is 72.7 Å². The molecule has 0 radical (unpaired) electrons. The summed E-state index contributed by atoms with van der Waals surface area (Å²) >= 11 is 0. The van der Waals surface area contributed by atoms with E-state index in [2.05, 4.69) is 19.2 Å². The van der Waals surface area contributed by atoms with Crippen molar-refractivity contribution in [3.8, 4) is 5.75 Å². The third-order valence-electron chi connectivity index (χ3n) is 8.31. The van der Waals surface area contributed by atoms with Crippen LogP contribution in [0.1, 0.15) is 94.7 Å². The summed E-state index contributed by atoms with van der Waals surface area (Å²) in [7, 11) is 0. The Labute approximate surface area is 248 Å². The van der Waals surface area contributed by atoms with Crippen molar-refractivity contribution in [3.05, 3.63) is 101 Å². The molecule has 0 saturated heterocycles. The zero-order chi connectivity index (χ0) is 29.5. The number of nitrogens with one attached hydrogen (secondary N) is 1. The Morgan fingerprint density at radius 1 is 0.881 bits per heavy atom. The number of allylic oxidation sites excluding steroid dienone is 1. The molecule has 0 spiro atoms. The number of anilines is 2. The molecular weight excluding hydrogens is 527 g/mol. The first-order chi connectivity index (χ1) is 20.5. The number of amides is 1. The van der Waals surface area contributed by atoms with Crippen molar-refractivity contribution in [2.24, 2.45) is 0 Å². The van der Waals surface area contributed by atoms with E-state index in [9.17, 15) is 14.0 Å². The van der Waals surface area contributed by atoms with Crippen molar-refractivity contribution in [3.63, 3.8) is 0 Å². The maximum Gasteiger partial charge on any atom is 0.227 e. The lowest BCUT2D eigenvalue weighted by molar-refractivity contribution is -0.119. The predicted molar refractivity (Wildman–Crippen MR) is 166 cm³/mol. The standard InChI is InChI=1S/C36H41FN2O3/c1-3-5-7-13-34(41)39-32-12-9-8-11-30(32)38-31-23-27(25-14-18-28(37)19-15-25)24-33(40)35(31)36(39)26-16-20-29(21-17-26)42-22-10-6-4-2/h8-9,11-12,14-21,27,36,38H,3-7,10,13,22-24H2,1-2H3/t27-,36+/m1/s1.